The number of benzene rings is 2. The van der Waals surface area contributed by atoms with Gasteiger partial charge in [-0.15, -0.1) is 5.10 Å². The zero-order chi connectivity index (χ0) is 26.1. The second kappa shape index (κ2) is 10.2. The molecule has 0 saturated carbocycles. The molecule has 38 heavy (non-hydrogen) atoms. The van der Waals surface area contributed by atoms with E-state index in [-0.39, 0.29) is 24.1 Å². The molecule has 2 aliphatic rings. The first-order valence-corrected chi connectivity index (χ1v) is 12.6. The van der Waals surface area contributed by atoms with Gasteiger partial charge in [0.25, 0.3) is 0 Å². The minimum Gasteiger partial charge on any atom is -0.356 e. The van der Waals surface area contributed by atoms with E-state index >= 15 is 0 Å². The van der Waals surface area contributed by atoms with E-state index in [4.69, 9.17) is 0 Å². The van der Waals surface area contributed by atoms with Gasteiger partial charge in [-0.1, -0.05) is 0 Å². The van der Waals surface area contributed by atoms with Gasteiger partial charge in [-0.2, -0.15) is 0 Å². The van der Waals surface area contributed by atoms with Gasteiger partial charge in [-0.3, -0.25) is 4.79 Å². The molecule has 11 heteroatoms. The van der Waals surface area contributed by atoms with Crippen molar-refractivity contribution in [2.75, 3.05) is 49.1 Å². The first-order valence-electron chi connectivity index (χ1n) is 12.6. The summed E-state index contributed by atoms with van der Waals surface area (Å²) in [4.78, 5) is 32.9. The molecule has 0 spiro atoms. The number of rotatable bonds is 6. The van der Waals surface area contributed by atoms with Crippen LogP contribution in [0, 0.1) is 11.6 Å². The molecule has 0 aliphatic carbocycles. The minimum atomic E-state index is -0.367. The molecular formula is C27H26F2N8O. The van der Waals surface area contributed by atoms with Crippen LogP contribution in [0.4, 0.5) is 20.4 Å². The molecule has 194 valence electrons. The Labute approximate surface area is 218 Å². The van der Waals surface area contributed by atoms with E-state index in [1.54, 1.807) is 30.6 Å². The fourth-order valence-corrected chi connectivity index (χ4v) is 4.63. The minimum absolute atomic E-state index is 0.0203. The van der Waals surface area contributed by atoms with Crippen molar-refractivity contribution >= 4 is 17.5 Å². The van der Waals surface area contributed by atoms with Gasteiger partial charge in [-0.05, 0) is 55.0 Å². The molecular weight excluding hydrogens is 490 g/mol. The summed E-state index contributed by atoms with van der Waals surface area (Å²) < 4.78 is 28.5. The van der Waals surface area contributed by atoms with Gasteiger partial charge >= 0.3 is 0 Å². The number of carbonyl (C=O) groups excluding carboxylic acids is 1. The summed E-state index contributed by atoms with van der Waals surface area (Å²) in [6.07, 6.45) is 2.78. The van der Waals surface area contributed by atoms with Crippen molar-refractivity contribution in [2.24, 2.45) is 0 Å². The number of carbonyl (C=O) groups is 1. The van der Waals surface area contributed by atoms with E-state index in [0.717, 1.165) is 24.7 Å². The van der Waals surface area contributed by atoms with Crippen LogP contribution >= 0.6 is 0 Å². The van der Waals surface area contributed by atoms with E-state index in [1.165, 1.54) is 35.4 Å². The molecule has 2 fully saturated rings. The van der Waals surface area contributed by atoms with E-state index < -0.39 is 0 Å². The van der Waals surface area contributed by atoms with Gasteiger partial charge in [-0.25, -0.2) is 28.4 Å². The topological polar surface area (TPSA) is 83.3 Å². The van der Waals surface area contributed by atoms with E-state index in [0.29, 0.717) is 49.0 Å². The predicted molar refractivity (Wildman–Crippen MR) is 138 cm³/mol. The third kappa shape index (κ3) is 4.91. The van der Waals surface area contributed by atoms with E-state index in [9.17, 15) is 13.6 Å². The van der Waals surface area contributed by atoms with Crippen molar-refractivity contribution in [2.45, 2.75) is 13.0 Å². The number of aromatic nitrogens is 5. The maximum Gasteiger partial charge on any atom is 0.244 e. The van der Waals surface area contributed by atoms with Gasteiger partial charge < -0.3 is 14.7 Å². The number of nitrogens with zero attached hydrogens (tertiary/aromatic N) is 8. The van der Waals surface area contributed by atoms with Crippen molar-refractivity contribution in [3.05, 3.63) is 72.6 Å². The van der Waals surface area contributed by atoms with Crippen molar-refractivity contribution in [1.82, 2.24) is 29.6 Å². The molecule has 4 aromatic rings. The number of hydrogen-bond donors (Lipinski definition) is 0. The van der Waals surface area contributed by atoms with Crippen LogP contribution in [0.2, 0.25) is 0 Å². The Balaban J connectivity index is 1.17. The van der Waals surface area contributed by atoms with Crippen LogP contribution in [0.3, 0.4) is 0 Å². The second-order valence-corrected chi connectivity index (χ2v) is 9.37. The van der Waals surface area contributed by atoms with Crippen LogP contribution in [-0.2, 0) is 11.3 Å². The van der Waals surface area contributed by atoms with Crippen molar-refractivity contribution in [3.63, 3.8) is 0 Å². The van der Waals surface area contributed by atoms with Crippen LogP contribution in [0.5, 0.6) is 0 Å². The smallest absolute Gasteiger partial charge is 0.244 e. The Morgan fingerprint density at radius 3 is 1.92 bits per heavy atom. The van der Waals surface area contributed by atoms with Crippen LogP contribution in [-0.4, -0.2) is 74.8 Å². The third-order valence-electron chi connectivity index (χ3n) is 6.94. The Morgan fingerprint density at radius 1 is 0.763 bits per heavy atom. The summed E-state index contributed by atoms with van der Waals surface area (Å²) in [6.45, 7) is 4.43. The standard InChI is InChI=1S/C27H26F2N8O/c28-21-6-2-19(3-7-21)26-32-27(20-4-8-22(29)9-5-20)37(33-26)17-25(38)36-14-12-35(13-15-36)24-16-23(30-18-31-24)34-10-1-11-34/h2-9,16,18H,1,10-15,17H2. The monoisotopic (exact) mass is 516 g/mol. The quantitative estimate of drug-likeness (QED) is 0.389. The highest BCUT2D eigenvalue weighted by Crippen LogP contribution is 2.25. The number of amides is 1. The lowest BCUT2D eigenvalue weighted by atomic mass is 10.2. The Bertz CT molecular complexity index is 1430. The largest absolute Gasteiger partial charge is 0.356 e. The molecule has 1 amide bonds. The van der Waals surface area contributed by atoms with E-state index in [1.807, 2.05) is 11.0 Å². The maximum absolute atomic E-state index is 13.5. The fourth-order valence-electron chi connectivity index (χ4n) is 4.63. The van der Waals surface area contributed by atoms with Crippen LogP contribution in [0.15, 0.2) is 60.9 Å². The molecule has 0 unspecified atom stereocenters. The zero-order valence-corrected chi connectivity index (χ0v) is 20.7. The first-order chi connectivity index (χ1) is 18.5. The summed E-state index contributed by atoms with van der Waals surface area (Å²) in [7, 11) is 0. The van der Waals surface area contributed by atoms with Gasteiger partial charge in [0.2, 0.25) is 5.91 Å². The van der Waals surface area contributed by atoms with Crippen LogP contribution in [0.25, 0.3) is 22.8 Å². The highest BCUT2D eigenvalue weighted by atomic mass is 19.1. The molecule has 0 radical (unpaired) electrons. The lowest BCUT2D eigenvalue weighted by Gasteiger charge is -2.36. The molecule has 0 N–H and O–H groups in total. The SMILES string of the molecule is O=C(Cn1nc(-c2ccc(F)cc2)nc1-c1ccc(F)cc1)N1CCN(c2cc(N3CCC3)ncn2)CC1. The van der Waals surface area contributed by atoms with Gasteiger partial charge in [0.05, 0.1) is 0 Å². The lowest BCUT2D eigenvalue weighted by Crippen LogP contribution is -2.50. The predicted octanol–water partition coefficient (Wildman–Crippen LogP) is 3.24. The summed E-state index contributed by atoms with van der Waals surface area (Å²) in [5.41, 5.74) is 1.25. The van der Waals surface area contributed by atoms with Gasteiger partial charge in [0.1, 0.15) is 36.1 Å². The van der Waals surface area contributed by atoms with Crippen LogP contribution in [0.1, 0.15) is 6.42 Å². The zero-order valence-electron chi connectivity index (χ0n) is 20.7. The second-order valence-electron chi connectivity index (χ2n) is 9.37. The third-order valence-corrected chi connectivity index (χ3v) is 6.94. The molecule has 0 bridgehead atoms. The molecule has 0 atom stereocenters. The van der Waals surface area contributed by atoms with Crippen molar-refractivity contribution in [3.8, 4) is 22.8 Å². The van der Waals surface area contributed by atoms with Crippen LogP contribution < -0.4 is 9.80 Å². The molecule has 6 rings (SSSR count). The first kappa shape index (κ1) is 24.0. The Hall–Kier alpha value is -4.41. The average molecular weight is 517 g/mol. The van der Waals surface area contributed by atoms with Crippen molar-refractivity contribution < 1.29 is 13.6 Å². The van der Waals surface area contributed by atoms with E-state index in [2.05, 4.69) is 29.9 Å². The summed E-state index contributed by atoms with van der Waals surface area (Å²) >= 11 is 0. The molecule has 4 heterocycles. The molecule has 2 aromatic heterocycles. The number of anilines is 2. The highest BCUT2D eigenvalue weighted by Gasteiger charge is 2.25. The lowest BCUT2D eigenvalue weighted by molar-refractivity contribution is -0.132. The van der Waals surface area contributed by atoms with Crippen molar-refractivity contribution in [1.29, 1.82) is 0 Å². The summed E-state index contributed by atoms with van der Waals surface area (Å²) in [5, 5.41) is 4.56. The summed E-state index contributed by atoms with van der Waals surface area (Å²) in [6, 6.07) is 13.7. The number of halogens is 2. The fraction of sp³-hybridized carbons (Fsp3) is 0.296. The normalized spacial score (nSPS) is 15.5. The highest BCUT2D eigenvalue weighted by molar-refractivity contribution is 5.77. The van der Waals surface area contributed by atoms with Gasteiger partial charge in [0, 0.05) is 56.5 Å². The Kier molecular flexibility index (Phi) is 6.40. The maximum atomic E-state index is 13.5. The Morgan fingerprint density at radius 2 is 1.34 bits per heavy atom. The molecule has 2 aromatic carbocycles. The molecule has 9 nitrogen and oxygen atoms in total. The number of hydrogen-bond acceptors (Lipinski definition) is 7. The summed E-state index contributed by atoms with van der Waals surface area (Å²) in [5.74, 6) is 1.80. The van der Waals surface area contributed by atoms with Gasteiger partial charge in [0.15, 0.2) is 11.6 Å². The average Bonchev–Trinajstić information content (AvgIpc) is 3.32. The molecule has 2 saturated heterocycles. The number of piperazine rings is 1. The molecule has 2 aliphatic heterocycles.